The summed E-state index contributed by atoms with van der Waals surface area (Å²) >= 11 is 3.92. The van der Waals surface area contributed by atoms with E-state index in [1.165, 1.54) is 18.2 Å². The van der Waals surface area contributed by atoms with E-state index in [2.05, 4.69) is 0 Å². The van der Waals surface area contributed by atoms with Gasteiger partial charge in [0, 0.05) is 0 Å². The van der Waals surface area contributed by atoms with Gasteiger partial charge < -0.3 is 0 Å². The van der Waals surface area contributed by atoms with E-state index in [9.17, 15) is 22.9 Å². The van der Waals surface area contributed by atoms with Crippen molar-refractivity contribution in [2.75, 3.05) is 0 Å². The van der Waals surface area contributed by atoms with Gasteiger partial charge in [-0.25, -0.2) is 0 Å². The molecule has 0 spiro atoms. The molecule has 1 aliphatic heterocycles. The van der Waals surface area contributed by atoms with Crippen molar-refractivity contribution in [1.82, 2.24) is 0 Å². The van der Waals surface area contributed by atoms with Gasteiger partial charge in [0.15, 0.2) is 0 Å². The molecule has 29 heavy (non-hydrogen) atoms. The van der Waals surface area contributed by atoms with E-state index in [1.54, 1.807) is 24.3 Å². The number of hydrogen-bond acceptors (Lipinski definition) is 5. The van der Waals surface area contributed by atoms with Crippen LogP contribution in [0.2, 0.25) is 0 Å². The minimum atomic E-state index is -4.50. The molecular weight excluding hydrogens is 811 g/mol. The molecule has 2 aromatic rings. The van der Waals surface area contributed by atoms with Crippen molar-refractivity contribution in [1.29, 1.82) is 0 Å². The molecule has 1 aliphatic carbocycles. The van der Waals surface area contributed by atoms with Crippen molar-refractivity contribution in [2.24, 2.45) is 0 Å². The van der Waals surface area contributed by atoms with Crippen LogP contribution in [0.3, 0.4) is 0 Å². The second-order valence-electron chi connectivity index (χ2n) is 6.29. The fourth-order valence-electron chi connectivity index (χ4n) is 3.24. The Bertz CT molecular complexity index is 1450. The molecule has 0 fully saturated rings. The van der Waals surface area contributed by atoms with Crippen LogP contribution in [0.25, 0.3) is 33.4 Å². The number of phenolic OH excluding ortho intramolecular Hbond substituents is 1. The Labute approximate surface area is 208 Å². The van der Waals surface area contributed by atoms with E-state index in [0.717, 1.165) is 0 Å². The molecule has 2 aromatic carbocycles. The van der Waals surface area contributed by atoms with Crippen molar-refractivity contribution >= 4 is 69.3 Å². The van der Waals surface area contributed by atoms with Gasteiger partial charge in [0.2, 0.25) is 0 Å². The molecule has 2 N–H and O–H groups in total. The Morgan fingerprint density at radius 1 is 1.00 bits per heavy atom. The number of aromatic hydroxyl groups is 1. The van der Waals surface area contributed by atoms with E-state index < -0.39 is 10.1 Å². The van der Waals surface area contributed by atoms with Gasteiger partial charge >= 0.3 is 211 Å². The van der Waals surface area contributed by atoms with Gasteiger partial charge in [0.25, 0.3) is 0 Å². The summed E-state index contributed by atoms with van der Waals surface area (Å²) in [6, 6.07) is 10.9. The first-order valence-electron chi connectivity index (χ1n) is 8.10. The minimum absolute atomic E-state index is 0.0220. The van der Waals surface area contributed by atoms with Gasteiger partial charge in [0.05, 0.1) is 0 Å². The number of halogens is 2. The molecule has 0 atom stereocenters. The second-order valence-corrected chi connectivity index (χ2v) is 12.8. The zero-order chi connectivity index (χ0) is 21.1. The third kappa shape index (κ3) is 3.72. The maximum atomic E-state index is 12.2. The Morgan fingerprint density at radius 3 is 2.38 bits per heavy atom. The molecule has 0 radical (unpaired) electrons. The molecule has 0 bridgehead atoms. The molecule has 2 aliphatic rings. The number of fused-ring (bicyclic) bond motifs is 2. The monoisotopic (exact) mass is 821 g/mol. The summed E-state index contributed by atoms with van der Waals surface area (Å²) < 4.78 is 41.6. The van der Waals surface area contributed by atoms with Gasteiger partial charge in [-0.05, 0) is 0 Å². The molecule has 6 nitrogen and oxygen atoms in total. The summed E-state index contributed by atoms with van der Waals surface area (Å²) in [6.07, 6.45) is 0. The van der Waals surface area contributed by atoms with Crippen LogP contribution >= 0.6 is 45.2 Å². The van der Waals surface area contributed by atoms with Gasteiger partial charge in [-0.1, -0.05) is 0 Å². The summed E-state index contributed by atoms with van der Waals surface area (Å²) in [7, 11) is -4.50. The van der Waals surface area contributed by atoms with E-state index in [-0.39, 0.29) is 48.0 Å². The van der Waals surface area contributed by atoms with Gasteiger partial charge in [-0.15, -0.1) is 0 Å². The summed E-state index contributed by atoms with van der Waals surface area (Å²) in [5.41, 5.74) is 1.57. The molecular formula is C19H9HgI2O6S+. The first kappa shape index (κ1) is 21.5. The van der Waals surface area contributed by atoms with E-state index in [4.69, 9.17) is 4.42 Å². The van der Waals surface area contributed by atoms with Crippen molar-refractivity contribution in [3.63, 3.8) is 0 Å². The Hall–Kier alpha value is -0.765. The second kappa shape index (κ2) is 7.73. The van der Waals surface area contributed by atoms with Crippen LogP contribution in [0, 0.1) is 7.14 Å². The molecule has 0 saturated carbocycles. The molecule has 0 amide bonds. The number of rotatable bonds is 2. The van der Waals surface area contributed by atoms with Crippen molar-refractivity contribution in [3.8, 4) is 28.2 Å². The molecule has 0 aromatic heterocycles. The molecule has 10 heteroatoms. The van der Waals surface area contributed by atoms with Crippen molar-refractivity contribution in [3.05, 3.63) is 59.8 Å². The van der Waals surface area contributed by atoms with Crippen molar-refractivity contribution < 1.29 is 48.6 Å². The standard InChI is InChI=1S/C19H9I2O6S.Hg/c20-12-5-10-16(7-14(12)22)27-17-8-15(23)13(21)6-11(17)19(10)9-3-1-2-4-18(9)28(24,25)26;/h1-7,23H,(H,24,25,26);/q;+1. The first-order valence-corrected chi connectivity index (χ1v) is 14.4. The SMILES string of the molecule is O=c1cc2oc3[c]([Hg+])c(O)c(I)cc3c(-c3ccccc3S(=O)(=O)O)c-2cc1I. The average Bonchev–Trinajstić information content (AvgIpc) is 2.66. The quantitative estimate of drug-likeness (QED) is 0.138. The average molecular weight is 820 g/mol. The van der Waals surface area contributed by atoms with Crippen molar-refractivity contribution in [2.45, 2.75) is 4.90 Å². The third-order valence-corrected chi connectivity index (χ3v) is 9.65. The van der Waals surface area contributed by atoms with Gasteiger partial charge in [-0.3, -0.25) is 0 Å². The number of phenols is 1. The molecule has 4 rings (SSSR count). The molecule has 142 valence electrons. The van der Waals surface area contributed by atoms with E-state index in [0.29, 0.717) is 37.9 Å². The summed E-state index contributed by atoms with van der Waals surface area (Å²) in [4.78, 5) is 12.0. The van der Waals surface area contributed by atoms with Gasteiger partial charge in [-0.2, -0.15) is 0 Å². The summed E-state index contributed by atoms with van der Waals surface area (Å²) in [5.74, 6) is 0.418. The zero-order valence-electron chi connectivity index (χ0n) is 14.4. The predicted molar refractivity (Wildman–Crippen MR) is 121 cm³/mol. The van der Waals surface area contributed by atoms with Crippen LogP contribution in [0.15, 0.2) is 56.6 Å². The Kier molecular flexibility index (Phi) is 5.72. The topological polar surface area (TPSA) is 105 Å². The fourth-order valence-corrected chi connectivity index (χ4v) is 8.20. The molecule has 0 unspecified atom stereocenters. The number of benzene rings is 3. The van der Waals surface area contributed by atoms with Crippen LogP contribution in [0.1, 0.15) is 0 Å². The molecule has 0 saturated heterocycles. The van der Waals surface area contributed by atoms with E-state index >= 15 is 0 Å². The van der Waals surface area contributed by atoms with Crippen LogP contribution in [-0.4, -0.2) is 18.1 Å². The van der Waals surface area contributed by atoms with Crippen LogP contribution in [-0.2, 0) is 36.2 Å². The Morgan fingerprint density at radius 2 is 1.69 bits per heavy atom. The fraction of sp³-hybridized carbons (Fsp3) is 0. The normalized spacial score (nSPS) is 12.0. The summed E-state index contributed by atoms with van der Waals surface area (Å²) in [5, 5.41) is 11.0. The number of hydrogen-bond donors (Lipinski definition) is 2. The van der Waals surface area contributed by atoms with E-state index in [1.807, 2.05) is 45.2 Å². The molecule has 1 heterocycles. The third-order valence-electron chi connectivity index (χ3n) is 4.52. The van der Waals surface area contributed by atoms with Crippen LogP contribution in [0.4, 0.5) is 0 Å². The maximum absolute atomic E-state index is 12.2. The van der Waals surface area contributed by atoms with Gasteiger partial charge in [0.1, 0.15) is 0 Å². The van der Waals surface area contributed by atoms with Crippen LogP contribution < -0.4 is 8.50 Å². The first-order chi connectivity index (χ1) is 13.6. The van der Waals surface area contributed by atoms with Crippen LogP contribution in [0.5, 0.6) is 5.75 Å². The summed E-state index contributed by atoms with van der Waals surface area (Å²) in [6.45, 7) is 0. The Balaban J connectivity index is 2.33. The predicted octanol–water partition coefficient (Wildman–Crippen LogP) is 3.90. The zero-order valence-corrected chi connectivity index (χ0v) is 25.1.